The first-order chi connectivity index (χ1) is 1.41. The van der Waals surface area contributed by atoms with Gasteiger partial charge in [-0.25, -0.2) is 0 Å². The molecule has 0 amide bonds. The number of thiol groups is 1. The van der Waals surface area contributed by atoms with Gasteiger partial charge < -0.3 is 0 Å². The Bertz CT molecular complexity index is 6.00. The van der Waals surface area contributed by atoms with Crippen LogP contribution in [0, 0.1) is 0 Å². The third-order valence-electron chi connectivity index (χ3n) is 0. The van der Waals surface area contributed by atoms with Crippen molar-refractivity contribution in [1.29, 1.82) is 0 Å². The second-order valence-corrected chi connectivity index (χ2v) is 0.949. The smallest absolute Gasteiger partial charge is 0.180 e. The van der Waals surface area contributed by atoms with Crippen molar-refractivity contribution in [2.24, 2.45) is 0 Å². The summed E-state index contributed by atoms with van der Waals surface area (Å²) in [5.74, 6) is 0.944. The molecule has 0 saturated carbocycles. The second-order valence-electron chi connectivity index (χ2n) is 0.316. The summed E-state index contributed by atoms with van der Waals surface area (Å²) in [7, 11) is 0. The van der Waals surface area contributed by atoms with Crippen LogP contribution >= 0.6 is 12.6 Å². The van der Waals surface area contributed by atoms with E-state index in [9.17, 15) is 0 Å². The van der Waals surface area contributed by atoms with Crippen molar-refractivity contribution in [3.63, 3.8) is 0 Å². The molecule has 0 aromatic rings. The maximum atomic E-state index is 3.79. The van der Waals surface area contributed by atoms with Crippen LogP contribution in [0.25, 0.3) is 0 Å². The van der Waals surface area contributed by atoms with E-state index >= 15 is 0 Å². The molecular formula is C2H6LiS+. The van der Waals surface area contributed by atoms with E-state index in [-0.39, 0.29) is 18.9 Å². The zero-order valence-electron chi connectivity index (χ0n) is 3.15. The fraction of sp³-hybridized carbons (Fsp3) is 1.00. The molecule has 0 saturated heterocycles. The standard InChI is InChI=1S/C2H6S.Li/c1-2-3;/h3H,2H2,1H3;/q;+1. The molecule has 0 rings (SSSR count). The van der Waals surface area contributed by atoms with Crippen LogP contribution < -0.4 is 18.9 Å². The molecule has 20 valence electrons. The molecule has 0 atom stereocenters. The predicted molar refractivity (Wildman–Crippen MR) is 19.5 cm³/mol. The molecular weight excluding hydrogens is 63.0 g/mol. The van der Waals surface area contributed by atoms with Gasteiger partial charge in [0.15, 0.2) is 0 Å². The van der Waals surface area contributed by atoms with Crippen molar-refractivity contribution in [2.75, 3.05) is 5.75 Å². The van der Waals surface area contributed by atoms with Crippen molar-refractivity contribution >= 4 is 12.6 Å². The summed E-state index contributed by atoms with van der Waals surface area (Å²) in [6.07, 6.45) is 0. The molecule has 0 aromatic carbocycles. The first-order valence-corrected chi connectivity index (χ1v) is 1.66. The van der Waals surface area contributed by atoms with Crippen molar-refractivity contribution in [1.82, 2.24) is 0 Å². The van der Waals surface area contributed by atoms with Crippen LogP contribution in [-0.2, 0) is 0 Å². The molecule has 0 aliphatic heterocycles. The topological polar surface area (TPSA) is 0 Å². The summed E-state index contributed by atoms with van der Waals surface area (Å²) in [6.45, 7) is 1.99. The van der Waals surface area contributed by atoms with Gasteiger partial charge in [0.2, 0.25) is 0 Å². The third kappa shape index (κ3) is 12.5. The van der Waals surface area contributed by atoms with Crippen molar-refractivity contribution in [2.45, 2.75) is 6.92 Å². The number of hydrogen-bond donors (Lipinski definition) is 1. The summed E-state index contributed by atoms with van der Waals surface area (Å²) in [5.41, 5.74) is 0. The van der Waals surface area contributed by atoms with E-state index in [1.165, 1.54) is 0 Å². The molecule has 0 aliphatic carbocycles. The van der Waals surface area contributed by atoms with Crippen LogP contribution in [0.2, 0.25) is 0 Å². The van der Waals surface area contributed by atoms with Crippen LogP contribution in [-0.4, -0.2) is 5.75 Å². The van der Waals surface area contributed by atoms with Crippen molar-refractivity contribution < 1.29 is 18.9 Å². The van der Waals surface area contributed by atoms with Crippen molar-refractivity contribution in [3.05, 3.63) is 0 Å². The Hall–Kier alpha value is 0.947. The molecule has 0 aromatic heterocycles. The van der Waals surface area contributed by atoms with E-state index in [2.05, 4.69) is 12.6 Å². The minimum absolute atomic E-state index is 0. The van der Waals surface area contributed by atoms with Gasteiger partial charge in [0.25, 0.3) is 0 Å². The summed E-state index contributed by atoms with van der Waals surface area (Å²) in [5, 5.41) is 0. The average molecular weight is 69.1 g/mol. The van der Waals surface area contributed by atoms with E-state index in [0.717, 1.165) is 5.75 Å². The number of rotatable bonds is 0. The van der Waals surface area contributed by atoms with Gasteiger partial charge in [-0.05, 0) is 5.75 Å². The van der Waals surface area contributed by atoms with Gasteiger partial charge in [0, 0.05) is 0 Å². The average Bonchev–Trinajstić information content (AvgIpc) is 0.918. The molecule has 0 bridgehead atoms. The van der Waals surface area contributed by atoms with Crippen LogP contribution in [0.4, 0.5) is 0 Å². The van der Waals surface area contributed by atoms with Gasteiger partial charge in [-0.2, -0.15) is 12.6 Å². The molecule has 0 aliphatic rings. The van der Waals surface area contributed by atoms with E-state index in [1.807, 2.05) is 6.92 Å². The zero-order valence-corrected chi connectivity index (χ0v) is 4.05. The molecule has 0 nitrogen and oxygen atoms in total. The van der Waals surface area contributed by atoms with Crippen molar-refractivity contribution in [3.8, 4) is 0 Å². The molecule has 4 heavy (non-hydrogen) atoms. The minimum atomic E-state index is 0. The number of hydrogen-bond acceptors (Lipinski definition) is 1. The van der Waals surface area contributed by atoms with Gasteiger partial charge in [-0.3, -0.25) is 0 Å². The Morgan fingerprint density at radius 3 is 1.75 bits per heavy atom. The van der Waals surface area contributed by atoms with Gasteiger partial charge in [0.1, 0.15) is 0 Å². The maximum Gasteiger partial charge on any atom is 1.00 e. The Balaban J connectivity index is 0. The summed E-state index contributed by atoms with van der Waals surface area (Å²) >= 11 is 3.79. The SMILES string of the molecule is CCS.[Li+]. The van der Waals surface area contributed by atoms with E-state index in [0.29, 0.717) is 0 Å². The Morgan fingerprint density at radius 1 is 1.75 bits per heavy atom. The normalized spacial score (nSPS) is 4.50. The molecule has 0 radical (unpaired) electrons. The molecule has 2 heteroatoms. The van der Waals surface area contributed by atoms with Crippen LogP contribution in [0.1, 0.15) is 6.92 Å². The van der Waals surface area contributed by atoms with Gasteiger partial charge in [0.05, 0.1) is 0 Å². The predicted octanol–water partition coefficient (Wildman–Crippen LogP) is -2.06. The Morgan fingerprint density at radius 2 is 1.75 bits per heavy atom. The van der Waals surface area contributed by atoms with Gasteiger partial charge in [-0.15, -0.1) is 0 Å². The van der Waals surface area contributed by atoms with Gasteiger partial charge in [-0.1, -0.05) is 6.92 Å². The Labute approximate surface area is 44.6 Å². The third-order valence-corrected chi connectivity index (χ3v) is 0. The molecule has 0 fully saturated rings. The summed E-state index contributed by atoms with van der Waals surface area (Å²) in [4.78, 5) is 0. The molecule has 0 heterocycles. The molecule has 0 N–H and O–H groups in total. The largest absolute Gasteiger partial charge is 1.00 e. The van der Waals surface area contributed by atoms with Gasteiger partial charge >= 0.3 is 18.9 Å². The summed E-state index contributed by atoms with van der Waals surface area (Å²) in [6, 6.07) is 0. The fourth-order valence-electron chi connectivity index (χ4n) is 0. The van der Waals surface area contributed by atoms with E-state index in [4.69, 9.17) is 0 Å². The Kier molecular flexibility index (Phi) is 20.1. The van der Waals surface area contributed by atoms with E-state index < -0.39 is 0 Å². The maximum absolute atomic E-state index is 3.79. The zero-order chi connectivity index (χ0) is 2.71. The van der Waals surface area contributed by atoms with Crippen LogP contribution in [0.5, 0.6) is 0 Å². The fourth-order valence-corrected chi connectivity index (χ4v) is 0. The van der Waals surface area contributed by atoms with Crippen LogP contribution in [0.3, 0.4) is 0 Å². The first-order valence-electron chi connectivity index (χ1n) is 1.02. The second kappa shape index (κ2) is 9.04. The minimum Gasteiger partial charge on any atom is -0.180 e. The first kappa shape index (κ1) is 8.87. The quantitative estimate of drug-likeness (QED) is 0.245. The van der Waals surface area contributed by atoms with E-state index in [1.54, 1.807) is 0 Å². The van der Waals surface area contributed by atoms with Crippen LogP contribution in [0.15, 0.2) is 0 Å². The molecule has 0 unspecified atom stereocenters. The molecule has 0 spiro atoms. The monoisotopic (exact) mass is 69.0 g/mol. The summed E-state index contributed by atoms with van der Waals surface area (Å²) < 4.78 is 0.